The number of amides is 4. The van der Waals surface area contributed by atoms with E-state index in [-0.39, 0.29) is 12.8 Å². The summed E-state index contributed by atoms with van der Waals surface area (Å²) in [6, 6.07) is -5.03. The highest BCUT2D eigenvalue weighted by atomic mass is 32.2. The van der Waals surface area contributed by atoms with Crippen LogP contribution in [0.15, 0.2) is 0 Å². The molecule has 0 spiro atoms. The number of thioether (sulfide) groups is 1. The lowest BCUT2D eigenvalue weighted by Gasteiger charge is -2.24. The van der Waals surface area contributed by atoms with E-state index in [9.17, 15) is 29.1 Å². The number of aliphatic hydroxyl groups excluding tert-OH is 1. The molecule has 0 radical (unpaired) electrons. The summed E-state index contributed by atoms with van der Waals surface area (Å²) in [5.74, 6) is -4.13. The first-order valence-electron chi connectivity index (χ1n) is 10.0. The molecule has 0 aliphatic rings. The number of nitrogens with two attached hydrogens (primary N) is 3. The van der Waals surface area contributed by atoms with E-state index in [2.05, 4.69) is 16.0 Å². The van der Waals surface area contributed by atoms with Gasteiger partial charge in [-0.2, -0.15) is 11.8 Å². The van der Waals surface area contributed by atoms with Gasteiger partial charge in [-0.25, -0.2) is 4.79 Å². The van der Waals surface area contributed by atoms with Gasteiger partial charge in [0.05, 0.1) is 13.0 Å². The topological polar surface area (TPSA) is 240 Å². The first-order chi connectivity index (χ1) is 15.1. The van der Waals surface area contributed by atoms with E-state index in [1.807, 2.05) is 0 Å². The van der Waals surface area contributed by atoms with Crippen molar-refractivity contribution in [3.05, 3.63) is 0 Å². The second-order valence-corrected chi connectivity index (χ2v) is 8.03. The van der Waals surface area contributed by atoms with Gasteiger partial charge in [0.2, 0.25) is 23.6 Å². The molecular weight excluding hydrogens is 444 g/mol. The monoisotopic (exact) mass is 478 g/mol. The van der Waals surface area contributed by atoms with Crippen molar-refractivity contribution in [1.82, 2.24) is 16.0 Å². The number of hydrogen-bond donors (Lipinski definition) is 8. The molecule has 4 amide bonds. The lowest BCUT2D eigenvalue weighted by atomic mass is 10.1. The van der Waals surface area contributed by atoms with Gasteiger partial charge in [0, 0.05) is 0 Å². The molecule has 4 atom stereocenters. The van der Waals surface area contributed by atoms with Crippen LogP contribution in [0.5, 0.6) is 0 Å². The third-order valence-corrected chi connectivity index (χ3v) is 5.02. The Morgan fingerprint density at radius 1 is 0.906 bits per heavy atom. The average Bonchev–Trinajstić information content (AvgIpc) is 2.73. The molecule has 0 fully saturated rings. The van der Waals surface area contributed by atoms with E-state index in [1.165, 1.54) is 11.8 Å². The second kappa shape index (κ2) is 16.2. The van der Waals surface area contributed by atoms with E-state index in [1.54, 1.807) is 6.26 Å². The number of carboxylic acid groups (broad SMARTS) is 1. The number of hydrogen-bond acceptors (Lipinski definition) is 9. The summed E-state index contributed by atoms with van der Waals surface area (Å²) in [6.07, 6.45) is 2.64. The minimum Gasteiger partial charge on any atom is -0.480 e. The lowest BCUT2D eigenvalue weighted by molar-refractivity contribution is -0.142. The van der Waals surface area contributed by atoms with Gasteiger partial charge in [-0.1, -0.05) is 0 Å². The van der Waals surface area contributed by atoms with Crippen LogP contribution in [0.2, 0.25) is 0 Å². The van der Waals surface area contributed by atoms with Gasteiger partial charge in [0.1, 0.15) is 24.2 Å². The predicted molar refractivity (Wildman–Crippen MR) is 118 cm³/mol. The van der Waals surface area contributed by atoms with E-state index in [0.717, 1.165) is 0 Å². The number of aliphatic carboxylic acids is 1. The molecule has 0 aliphatic carbocycles. The van der Waals surface area contributed by atoms with Crippen LogP contribution in [0.1, 0.15) is 32.1 Å². The summed E-state index contributed by atoms with van der Waals surface area (Å²) in [5, 5.41) is 25.4. The molecule has 11 N–H and O–H groups in total. The molecular formula is C18H34N6O7S. The van der Waals surface area contributed by atoms with Gasteiger partial charge in [0.25, 0.3) is 0 Å². The van der Waals surface area contributed by atoms with Gasteiger partial charge in [-0.15, -0.1) is 0 Å². The molecule has 184 valence electrons. The van der Waals surface area contributed by atoms with Crippen molar-refractivity contribution in [2.45, 2.75) is 56.3 Å². The number of unbranched alkanes of at least 4 members (excludes halogenated alkanes) is 1. The first-order valence-corrected chi connectivity index (χ1v) is 11.4. The predicted octanol–water partition coefficient (Wildman–Crippen LogP) is -3.40. The largest absolute Gasteiger partial charge is 0.480 e. The van der Waals surface area contributed by atoms with Crippen molar-refractivity contribution < 1.29 is 34.2 Å². The summed E-state index contributed by atoms with van der Waals surface area (Å²) in [7, 11) is 0. The molecule has 0 rings (SSSR count). The Hall–Kier alpha value is -2.42. The number of nitrogens with one attached hydrogen (secondary N) is 3. The molecule has 0 aliphatic heterocycles. The molecule has 14 heteroatoms. The van der Waals surface area contributed by atoms with Crippen LogP contribution in [0.25, 0.3) is 0 Å². The minimum absolute atomic E-state index is 0.168. The average molecular weight is 479 g/mol. The van der Waals surface area contributed by atoms with Crippen LogP contribution >= 0.6 is 11.8 Å². The summed E-state index contributed by atoms with van der Waals surface area (Å²) in [4.78, 5) is 60.1. The molecule has 0 aromatic rings. The van der Waals surface area contributed by atoms with Crippen molar-refractivity contribution in [2.24, 2.45) is 17.2 Å². The zero-order chi connectivity index (χ0) is 24.7. The maximum atomic E-state index is 12.7. The van der Waals surface area contributed by atoms with Gasteiger partial charge in [0.15, 0.2) is 0 Å². The van der Waals surface area contributed by atoms with Crippen molar-refractivity contribution in [3.8, 4) is 0 Å². The van der Waals surface area contributed by atoms with Crippen molar-refractivity contribution in [3.63, 3.8) is 0 Å². The number of rotatable bonds is 17. The summed E-state index contributed by atoms with van der Waals surface area (Å²) < 4.78 is 0. The first kappa shape index (κ1) is 29.6. The zero-order valence-corrected chi connectivity index (χ0v) is 18.9. The van der Waals surface area contributed by atoms with Gasteiger partial charge < -0.3 is 43.4 Å². The van der Waals surface area contributed by atoms with Crippen LogP contribution in [-0.2, 0) is 24.0 Å². The Labute approximate surface area is 190 Å². The van der Waals surface area contributed by atoms with Crippen molar-refractivity contribution in [2.75, 3.05) is 25.2 Å². The van der Waals surface area contributed by atoms with Gasteiger partial charge in [-0.3, -0.25) is 19.2 Å². The molecule has 0 aromatic carbocycles. The van der Waals surface area contributed by atoms with E-state index >= 15 is 0 Å². The summed E-state index contributed by atoms with van der Waals surface area (Å²) >= 11 is 1.40. The smallest absolute Gasteiger partial charge is 0.326 e. The van der Waals surface area contributed by atoms with Crippen LogP contribution in [0, 0.1) is 0 Å². The molecule has 32 heavy (non-hydrogen) atoms. The van der Waals surface area contributed by atoms with E-state index in [4.69, 9.17) is 22.3 Å². The van der Waals surface area contributed by atoms with Crippen LogP contribution < -0.4 is 33.2 Å². The van der Waals surface area contributed by atoms with Gasteiger partial charge in [-0.05, 0) is 44.2 Å². The lowest BCUT2D eigenvalue weighted by Crippen LogP contribution is -2.58. The number of carbonyl (C=O) groups is 5. The molecule has 0 saturated heterocycles. The maximum Gasteiger partial charge on any atom is 0.326 e. The fourth-order valence-electron chi connectivity index (χ4n) is 2.57. The third-order valence-electron chi connectivity index (χ3n) is 4.38. The summed E-state index contributed by atoms with van der Waals surface area (Å²) in [5.41, 5.74) is 15.9. The highest BCUT2D eigenvalue weighted by Gasteiger charge is 2.30. The maximum absolute atomic E-state index is 12.7. The Balaban J connectivity index is 5.37. The molecule has 0 saturated carbocycles. The van der Waals surface area contributed by atoms with E-state index in [0.29, 0.717) is 25.1 Å². The minimum atomic E-state index is -1.43. The Morgan fingerprint density at radius 3 is 1.97 bits per heavy atom. The van der Waals surface area contributed by atoms with E-state index < -0.39 is 66.8 Å². The standard InChI is InChI=1S/C18H34N6O7S/c1-32-7-5-11(16(28)23-12(18(30)31)4-2-3-6-19)22-17(29)13(8-14(21)26)24-15(27)10(20)9-25/h10-13,25H,2-9,19-20H2,1H3,(H2,21,26)(H,22,29)(H,23,28)(H,24,27)(H,30,31). The Kier molecular flexibility index (Phi) is 15.0. The Morgan fingerprint density at radius 2 is 1.47 bits per heavy atom. The third kappa shape index (κ3) is 11.8. The summed E-state index contributed by atoms with van der Waals surface area (Å²) in [6.45, 7) is -0.296. The highest BCUT2D eigenvalue weighted by molar-refractivity contribution is 7.98. The highest BCUT2D eigenvalue weighted by Crippen LogP contribution is 2.06. The zero-order valence-electron chi connectivity index (χ0n) is 18.0. The fourth-order valence-corrected chi connectivity index (χ4v) is 3.04. The normalized spacial score (nSPS) is 14.5. The van der Waals surface area contributed by atoms with Crippen molar-refractivity contribution >= 4 is 41.4 Å². The molecule has 0 heterocycles. The second-order valence-electron chi connectivity index (χ2n) is 7.05. The number of primary amides is 1. The van der Waals surface area contributed by atoms with Crippen molar-refractivity contribution in [1.29, 1.82) is 0 Å². The van der Waals surface area contributed by atoms with Crippen LogP contribution in [0.4, 0.5) is 0 Å². The number of carboxylic acids is 1. The van der Waals surface area contributed by atoms with Gasteiger partial charge >= 0.3 is 5.97 Å². The molecule has 4 unspecified atom stereocenters. The quantitative estimate of drug-likeness (QED) is 0.0963. The van der Waals surface area contributed by atoms with Crippen LogP contribution in [0.3, 0.4) is 0 Å². The molecule has 0 aromatic heterocycles. The Bertz CT molecular complexity index is 651. The number of aliphatic hydroxyl groups is 1. The molecule has 13 nitrogen and oxygen atoms in total. The van der Waals surface area contributed by atoms with Crippen LogP contribution in [-0.4, -0.2) is 89.1 Å². The fraction of sp³-hybridized carbons (Fsp3) is 0.722. The molecule has 0 bridgehead atoms. The number of carbonyl (C=O) groups excluding carboxylic acids is 4. The SMILES string of the molecule is CSCCC(NC(=O)C(CC(N)=O)NC(=O)C(N)CO)C(=O)NC(CCCCN)C(=O)O.